The molecule has 0 aromatic carbocycles. The highest BCUT2D eigenvalue weighted by molar-refractivity contribution is 5.19. The van der Waals surface area contributed by atoms with E-state index in [4.69, 9.17) is 0 Å². The molecule has 0 bridgehead atoms. The molecule has 94 valence electrons. The van der Waals surface area contributed by atoms with Gasteiger partial charge in [0.05, 0.1) is 23.6 Å². The van der Waals surface area contributed by atoms with Crippen LogP contribution in [0.2, 0.25) is 0 Å². The van der Waals surface area contributed by atoms with Gasteiger partial charge >= 0.3 is 0 Å². The number of pyridine rings is 1. The number of rotatable bonds is 3. The van der Waals surface area contributed by atoms with Crippen molar-refractivity contribution in [1.82, 2.24) is 20.1 Å². The number of H-pyrrole nitrogens is 1. The van der Waals surface area contributed by atoms with E-state index in [1.807, 2.05) is 18.5 Å². The Balaban J connectivity index is 1.78. The molecule has 0 saturated carbocycles. The maximum Gasteiger partial charge on any atom is 0.0553 e. The van der Waals surface area contributed by atoms with Gasteiger partial charge in [-0.2, -0.15) is 5.10 Å². The van der Waals surface area contributed by atoms with E-state index in [0.717, 1.165) is 18.8 Å². The van der Waals surface area contributed by atoms with Crippen LogP contribution < -0.4 is 0 Å². The second-order valence-electron chi connectivity index (χ2n) is 4.92. The Morgan fingerprint density at radius 1 is 1.44 bits per heavy atom. The van der Waals surface area contributed by atoms with Crippen molar-refractivity contribution in [2.24, 2.45) is 0 Å². The lowest BCUT2D eigenvalue weighted by Crippen LogP contribution is -2.24. The molecule has 0 radical (unpaired) electrons. The van der Waals surface area contributed by atoms with Gasteiger partial charge in [-0.3, -0.25) is 15.0 Å². The van der Waals surface area contributed by atoms with Crippen LogP contribution in [0.4, 0.5) is 0 Å². The number of aryl methyl sites for hydroxylation is 1. The van der Waals surface area contributed by atoms with Gasteiger partial charge < -0.3 is 0 Å². The lowest BCUT2D eigenvalue weighted by Gasteiger charge is -2.23. The fourth-order valence-electron chi connectivity index (χ4n) is 2.74. The van der Waals surface area contributed by atoms with E-state index in [-0.39, 0.29) is 0 Å². The average molecular weight is 242 g/mol. The van der Waals surface area contributed by atoms with Gasteiger partial charge in [0.2, 0.25) is 0 Å². The lowest BCUT2D eigenvalue weighted by atomic mass is 10.1. The van der Waals surface area contributed by atoms with Gasteiger partial charge in [0.1, 0.15) is 0 Å². The van der Waals surface area contributed by atoms with Gasteiger partial charge in [0.15, 0.2) is 0 Å². The third kappa shape index (κ3) is 2.16. The summed E-state index contributed by atoms with van der Waals surface area (Å²) in [7, 11) is 0. The number of nitrogens with zero attached hydrogens (tertiary/aromatic N) is 3. The van der Waals surface area contributed by atoms with E-state index in [9.17, 15) is 0 Å². The SMILES string of the molecule is Cc1cn[nH]c1C1CCCN1Cc1ccccn1. The van der Waals surface area contributed by atoms with E-state index < -0.39 is 0 Å². The highest BCUT2D eigenvalue weighted by Crippen LogP contribution is 2.33. The summed E-state index contributed by atoms with van der Waals surface area (Å²) in [6, 6.07) is 6.57. The van der Waals surface area contributed by atoms with E-state index in [1.54, 1.807) is 0 Å². The summed E-state index contributed by atoms with van der Waals surface area (Å²) >= 11 is 0. The minimum atomic E-state index is 0.467. The van der Waals surface area contributed by atoms with Gasteiger partial charge in [-0.15, -0.1) is 0 Å². The van der Waals surface area contributed by atoms with Crippen molar-refractivity contribution < 1.29 is 0 Å². The second-order valence-corrected chi connectivity index (χ2v) is 4.92. The summed E-state index contributed by atoms with van der Waals surface area (Å²) in [5, 5.41) is 7.29. The monoisotopic (exact) mass is 242 g/mol. The molecule has 0 amide bonds. The molecule has 3 heterocycles. The molecule has 0 spiro atoms. The molecule has 1 saturated heterocycles. The van der Waals surface area contributed by atoms with Crippen molar-refractivity contribution >= 4 is 0 Å². The Labute approximate surface area is 107 Å². The Morgan fingerprint density at radius 3 is 3.11 bits per heavy atom. The number of aromatic nitrogens is 3. The molecule has 3 rings (SSSR count). The third-order valence-electron chi connectivity index (χ3n) is 3.66. The van der Waals surface area contributed by atoms with Crippen LogP contribution in [0.5, 0.6) is 0 Å². The Kier molecular flexibility index (Phi) is 3.11. The van der Waals surface area contributed by atoms with Gasteiger partial charge in [0, 0.05) is 12.7 Å². The first-order valence-electron chi connectivity index (χ1n) is 6.48. The van der Waals surface area contributed by atoms with Crippen LogP contribution in [-0.4, -0.2) is 26.6 Å². The van der Waals surface area contributed by atoms with Crippen molar-refractivity contribution in [3.05, 3.63) is 47.5 Å². The van der Waals surface area contributed by atoms with Crippen LogP contribution >= 0.6 is 0 Å². The van der Waals surface area contributed by atoms with Crippen molar-refractivity contribution in [2.75, 3.05) is 6.54 Å². The number of nitrogens with one attached hydrogen (secondary N) is 1. The van der Waals surface area contributed by atoms with Gasteiger partial charge in [-0.1, -0.05) is 6.07 Å². The first-order valence-corrected chi connectivity index (χ1v) is 6.48. The fraction of sp³-hybridized carbons (Fsp3) is 0.429. The van der Waals surface area contributed by atoms with Crippen molar-refractivity contribution in [1.29, 1.82) is 0 Å². The molecule has 18 heavy (non-hydrogen) atoms. The van der Waals surface area contributed by atoms with Crippen LogP contribution in [0.3, 0.4) is 0 Å². The highest BCUT2D eigenvalue weighted by Gasteiger charge is 2.28. The molecular formula is C14H18N4. The van der Waals surface area contributed by atoms with Crippen LogP contribution in [0.15, 0.2) is 30.6 Å². The predicted octanol–water partition coefficient (Wildman–Crippen LogP) is 2.45. The number of hydrogen-bond acceptors (Lipinski definition) is 3. The molecule has 1 fully saturated rings. The standard InChI is InChI=1S/C14H18N4/c1-11-9-16-17-14(11)13-6-4-8-18(13)10-12-5-2-3-7-15-12/h2-3,5,7,9,13H,4,6,8,10H2,1H3,(H,16,17). The van der Waals surface area contributed by atoms with E-state index in [2.05, 4.69) is 39.1 Å². The van der Waals surface area contributed by atoms with Crippen LogP contribution in [0.1, 0.15) is 35.8 Å². The van der Waals surface area contributed by atoms with Crippen molar-refractivity contribution in [3.8, 4) is 0 Å². The molecule has 1 atom stereocenters. The van der Waals surface area contributed by atoms with Crippen molar-refractivity contribution in [3.63, 3.8) is 0 Å². The minimum Gasteiger partial charge on any atom is -0.289 e. The minimum absolute atomic E-state index is 0.467. The average Bonchev–Trinajstić information content (AvgIpc) is 2.99. The highest BCUT2D eigenvalue weighted by atomic mass is 15.2. The fourth-order valence-corrected chi connectivity index (χ4v) is 2.74. The maximum absolute atomic E-state index is 4.41. The summed E-state index contributed by atoms with van der Waals surface area (Å²) in [4.78, 5) is 6.90. The quantitative estimate of drug-likeness (QED) is 0.899. The molecule has 1 N–H and O–H groups in total. The lowest BCUT2D eigenvalue weighted by molar-refractivity contribution is 0.241. The predicted molar refractivity (Wildman–Crippen MR) is 69.9 cm³/mol. The van der Waals surface area contributed by atoms with Crippen molar-refractivity contribution in [2.45, 2.75) is 32.4 Å². The molecule has 4 heteroatoms. The second kappa shape index (κ2) is 4.90. The zero-order valence-electron chi connectivity index (χ0n) is 10.6. The summed E-state index contributed by atoms with van der Waals surface area (Å²) in [5.41, 5.74) is 3.66. The first kappa shape index (κ1) is 11.4. The van der Waals surface area contributed by atoms with Crippen LogP contribution in [0, 0.1) is 6.92 Å². The molecule has 2 aromatic heterocycles. The number of hydrogen-bond donors (Lipinski definition) is 1. The smallest absolute Gasteiger partial charge is 0.0553 e. The van der Waals surface area contributed by atoms with E-state index in [1.165, 1.54) is 24.1 Å². The van der Waals surface area contributed by atoms with Gasteiger partial charge in [-0.05, 0) is 44.0 Å². The molecule has 1 aliphatic heterocycles. The summed E-state index contributed by atoms with van der Waals surface area (Å²) < 4.78 is 0. The largest absolute Gasteiger partial charge is 0.289 e. The molecule has 0 aliphatic carbocycles. The maximum atomic E-state index is 4.41. The van der Waals surface area contributed by atoms with Gasteiger partial charge in [0.25, 0.3) is 0 Å². The van der Waals surface area contributed by atoms with E-state index in [0.29, 0.717) is 6.04 Å². The summed E-state index contributed by atoms with van der Waals surface area (Å²) in [6.45, 7) is 4.18. The third-order valence-corrected chi connectivity index (χ3v) is 3.66. The molecule has 2 aromatic rings. The zero-order valence-corrected chi connectivity index (χ0v) is 10.6. The van der Waals surface area contributed by atoms with E-state index >= 15 is 0 Å². The topological polar surface area (TPSA) is 44.8 Å². The normalized spacial score (nSPS) is 20.4. The van der Waals surface area contributed by atoms with Crippen LogP contribution in [-0.2, 0) is 6.54 Å². The molecule has 1 unspecified atom stereocenters. The zero-order chi connectivity index (χ0) is 12.4. The summed E-state index contributed by atoms with van der Waals surface area (Å²) in [6.07, 6.45) is 6.22. The molecule has 1 aliphatic rings. The molecular weight excluding hydrogens is 224 g/mol. The number of aromatic amines is 1. The Bertz CT molecular complexity index is 506. The Morgan fingerprint density at radius 2 is 2.39 bits per heavy atom. The first-order chi connectivity index (χ1) is 8.84. The Hall–Kier alpha value is -1.68. The molecule has 4 nitrogen and oxygen atoms in total. The van der Waals surface area contributed by atoms with Crippen LogP contribution in [0.25, 0.3) is 0 Å². The summed E-state index contributed by atoms with van der Waals surface area (Å²) in [5.74, 6) is 0. The van der Waals surface area contributed by atoms with Gasteiger partial charge in [-0.25, -0.2) is 0 Å². The number of likely N-dealkylation sites (tertiary alicyclic amines) is 1.